The van der Waals surface area contributed by atoms with Crippen molar-refractivity contribution in [1.82, 2.24) is 0 Å². The molecule has 0 unspecified atom stereocenters. The normalized spacial score (nSPS) is 26.5. The number of hydrogen-bond acceptors (Lipinski definition) is 1. The summed E-state index contributed by atoms with van der Waals surface area (Å²) in [5, 5.41) is 0. The second-order valence-electron chi connectivity index (χ2n) is 4.94. The molecule has 0 aromatic carbocycles. The zero-order valence-electron chi connectivity index (χ0n) is 7.95. The van der Waals surface area contributed by atoms with Gasteiger partial charge in [-0.25, -0.2) is 8.78 Å². The van der Waals surface area contributed by atoms with E-state index in [9.17, 15) is 8.78 Å². The van der Waals surface area contributed by atoms with E-state index in [0.29, 0.717) is 6.54 Å². The molecule has 1 rings (SSSR count). The number of rotatable bonds is 1. The molecule has 0 bridgehead atoms. The van der Waals surface area contributed by atoms with Gasteiger partial charge in [-0.1, -0.05) is 20.8 Å². The Labute approximate surface area is 72.3 Å². The molecular formula is C9H17F2N. The lowest BCUT2D eigenvalue weighted by Gasteiger charge is -2.54. The second-order valence-corrected chi connectivity index (χ2v) is 4.94. The molecule has 1 aliphatic carbocycles. The van der Waals surface area contributed by atoms with Crippen molar-refractivity contribution in [2.24, 2.45) is 16.6 Å². The molecule has 12 heavy (non-hydrogen) atoms. The van der Waals surface area contributed by atoms with Gasteiger partial charge in [0.15, 0.2) is 0 Å². The van der Waals surface area contributed by atoms with Crippen molar-refractivity contribution in [1.29, 1.82) is 0 Å². The summed E-state index contributed by atoms with van der Waals surface area (Å²) in [5.41, 5.74) is 5.10. The lowest BCUT2D eigenvalue weighted by molar-refractivity contribution is -0.195. The lowest BCUT2D eigenvalue weighted by Crippen LogP contribution is -2.57. The average molecular weight is 177 g/mol. The van der Waals surface area contributed by atoms with Crippen LogP contribution in [0.2, 0.25) is 0 Å². The molecule has 1 fully saturated rings. The van der Waals surface area contributed by atoms with Gasteiger partial charge < -0.3 is 5.73 Å². The Morgan fingerprint density at radius 2 is 1.67 bits per heavy atom. The van der Waals surface area contributed by atoms with E-state index in [-0.39, 0.29) is 23.7 Å². The maximum Gasteiger partial charge on any atom is 0.249 e. The van der Waals surface area contributed by atoms with Crippen LogP contribution >= 0.6 is 0 Å². The molecule has 0 saturated heterocycles. The van der Waals surface area contributed by atoms with Gasteiger partial charge in [0, 0.05) is 12.8 Å². The van der Waals surface area contributed by atoms with Crippen LogP contribution in [-0.4, -0.2) is 12.5 Å². The summed E-state index contributed by atoms with van der Waals surface area (Å²) in [6, 6.07) is 0. The van der Waals surface area contributed by atoms with Crippen LogP contribution in [0.3, 0.4) is 0 Å². The Kier molecular flexibility index (Phi) is 1.99. The van der Waals surface area contributed by atoms with Crippen LogP contribution < -0.4 is 5.73 Å². The Hall–Kier alpha value is -0.180. The summed E-state index contributed by atoms with van der Waals surface area (Å²) in [7, 11) is 0. The van der Waals surface area contributed by atoms with E-state index in [1.165, 1.54) is 0 Å². The highest BCUT2D eigenvalue weighted by Crippen LogP contribution is 2.59. The fourth-order valence-corrected chi connectivity index (χ4v) is 1.92. The minimum Gasteiger partial charge on any atom is -0.330 e. The monoisotopic (exact) mass is 177 g/mol. The predicted octanol–water partition coefficient (Wildman–Crippen LogP) is 2.41. The molecule has 0 aromatic rings. The van der Waals surface area contributed by atoms with E-state index < -0.39 is 5.92 Å². The van der Waals surface area contributed by atoms with Crippen LogP contribution in [0.15, 0.2) is 0 Å². The third-order valence-electron chi connectivity index (χ3n) is 3.18. The van der Waals surface area contributed by atoms with E-state index in [4.69, 9.17) is 5.73 Å². The predicted molar refractivity (Wildman–Crippen MR) is 45.1 cm³/mol. The molecule has 0 radical (unpaired) electrons. The van der Waals surface area contributed by atoms with Crippen molar-refractivity contribution in [3.8, 4) is 0 Å². The summed E-state index contributed by atoms with van der Waals surface area (Å²) in [4.78, 5) is 0. The van der Waals surface area contributed by atoms with E-state index in [1.54, 1.807) is 0 Å². The van der Waals surface area contributed by atoms with Gasteiger partial charge in [0.25, 0.3) is 0 Å². The van der Waals surface area contributed by atoms with Crippen molar-refractivity contribution in [2.45, 2.75) is 39.5 Å². The number of alkyl halides is 2. The summed E-state index contributed by atoms with van der Waals surface area (Å²) >= 11 is 0. The van der Waals surface area contributed by atoms with E-state index >= 15 is 0 Å². The molecule has 0 atom stereocenters. The Morgan fingerprint density at radius 1 is 1.25 bits per heavy atom. The Bertz CT molecular complexity index is 173. The first kappa shape index (κ1) is 9.90. The highest BCUT2D eigenvalue weighted by Gasteiger charge is 2.60. The summed E-state index contributed by atoms with van der Waals surface area (Å²) in [5.74, 6) is -2.47. The van der Waals surface area contributed by atoms with Crippen LogP contribution in [0.25, 0.3) is 0 Å². The quantitative estimate of drug-likeness (QED) is 0.654. The molecule has 0 aromatic heterocycles. The first-order chi connectivity index (χ1) is 5.22. The van der Waals surface area contributed by atoms with Crippen molar-refractivity contribution in [2.75, 3.05) is 6.54 Å². The molecular weight excluding hydrogens is 160 g/mol. The van der Waals surface area contributed by atoms with Crippen LogP contribution in [-0.2, 0) is 0 Å². The lowest BCUT2D eigenvalue weighted by atomic mass is 9.53. The second kappa shape index (κ2) is 2.41. The van der Waals surface area contributed by atoms with Gasteiger partial charge in [-0.2, -0.15) is 0 Å². The number of hydrogen-bond donors (Lipinski definition) is 1. The van der Waals surface area contributed by atoms with Crippen LogP contribution in [0.4, 0.5) is 8.78 Å². The highest BCUT2D eigenvalue weighted by molar-refractivity contribution is 5.05. The third-order valence-corrected chi connectivity index (χ3v) is 3.18. The van der Waals surface area contributed by atoms with Crippen LogP contribution in [0, 0.1) is 10.8 Å². The Balaban J connectivity index is 2.72. The molecule has 3 heteroatoms. The van der Waals surface area contributed by atoms with Gasteiger partial charge >= 0.3 is 0 Å². The minimum atomic E-state index is -2.47. The molecule has 2 N–H and O–H groups in total. The van der Waals surface area contributed by atoms with Crippen LogP contribution in [0.1, 0.15) is 33.6 Å². The van der Waals surface area contributed by atoms with Gasteiger partial charge in [-0.3, -0.25) is 0 Å². The van der Waals surface area contributed by atoms with Gasteiger partial charge in [-0.15, -0.1) is 0 Å². The fourth-order valence-electron chi connectivity index (χ4n) is 1.92. The Morgan fingerprint density at radius 3 is 1.75 bits per heavy atom. The van der Waals surface area contributed by atoms with Crippen molar-refractivity contribution < 1.29 is 8.78 Å². The van der Waals surface area contributed by atoms with Gasteiger partial charge in [0.05, 0.1) is 0 Å². The van der Waals surface area contributed by atoms with Gasteiger partial charge in [0.2, 0.25) is 5.92 Å². The fraction of sp³-hybridized carbons (Fsp3) is 1.00. The molecule has 0 spiro atoms. The number of halogens is 2. The maximum atomic E-state index is 12.7. The molecule has 0 aliphatic heterocycles. The van der Waals surface area contributed by atoms with Crippen LogP contribution in [0.5, 0.6) is 0 Å². The highest BCUT2D eigenvalue weighted by atomic mass is 19.3. The minimum absolute atomic E-state index is 0.0417. The van der Waals surface area contributed by atoms with E-state index in [2.05, 4.69) is 0 Å². The molecule has 0 amide bonds. The standard InChI is InChI=1S/C9H17F2N/c1-7(2,3)8(6-12)4-9(10,11)5-8/h4-6,12H2,1-3H3. The molecule has 1 saturated carbocycles. The first-order valence-electron chi connectivity index (χ1n) is 4.30. The summed E-state index contributed by atoms with van der Waals surface area (Å²) in [6.07, 6.45) is -0.0833. The smallest absolute Gasteiger partial charge is 0.249 e. The largest absolute Gasteiger partial charge is 0.330 e. The average Bonchev–Trinajstić information content (AvgIpc) is 1.78. The number of nitrogens with two attached hydrogens (primary N) is 1. The SMILES string of the molecule is CC(C)(C)C1(CN)CC(F)(F)C1. The van der Waals surface area contributed by atoms with E-state index in [1.807, 2.05) is 20.8 Å². The molecule has 1 aliphatic rings. The molecule has 1 nitrogen and oxygen atoms in total. The van der Waals surface area contributed by atoms with Gasteiger partial charge in [0.1, 0.15) is 0 Å². The topological polar surface area (TPSA) is 26.0 Å². The maximum absolute atomic E-state index is 12.7. The van der Waals surface area contributed by atoms with Crippen molar-refractivity contribution in [3.63, 3.8) is 0 Å². The first-order valence-corrected chi connectivity index (χ1v) is 4.30. The van der Waals surface area contributed by atoms with Crippen molar-refractivity contribution in [3.05, 3.63) is 0 Å². The third kappa shape index (κ3) is 1.35. The zero-order valence-corrected chi connectivity index (χ0v) is 7.95. The summed E-state index contributed by atoms with van der Waals surface area (Å²) in [6.45, 7) is 6.31. The van der Waals surface area contributed by atoms with E-state index in [0.717, 1.165) is 0 Å². The molecule has 0 heterocycles. The van der Waals surface area contributed by atoms with Gasteiger partial charge in [-0.05, 0) is 17.4 Å². The van der Waals surface area contributed by atoms with Crippen molar-refractivity contribution >= 4 is 0 Å². The zero-order chi connectivity index (χ0) is 9.62. The summed E-state index contributed by atoms with van der Waals surface area (Å²) < 4.78 is 25.4. The molecule has 72 valence electrons.